The third-order valence-electron chi connectivity index (χ3n) is 2.63. The first-order valence-corrected chi connectivity index (χ1v) is 5.33. The fourth-order valence-corrected chi connectivity index (χ4v) is 2.08. The Bertz CT molecular complexity index is 324. The monoisotopic (exact) mass is 247 g/mol. The van der Waals surface area contributed by atoms with Crippen LogP contribution in [0.1, 0.15) is 18.4 Å². The summed E-state index contributed by atoms with van der Waals surface area (Å²) >= 11 is 6.02. The van der Waals surface area contributed by atoms with Gasteiger partial charge in [-0.3, -0.25) is 4.90 Å². The molecule has 0 aromatic heterocycles. The van der Waals surface area contributed by atoms with Crippen LogP contribution in [-0.2, 0) is 6.54 Å². The Kier molecular flexibility index (Phi) is 4.71. The second-order valence-corrected chi connectivity index (χ2v) is 4.17. The van der Waals surface area contributed by atoms with E-state index in [2.05, 4.69) is 4.90 Å². The molecule has 0 spiro atoms. The molecule has 15 heavy (non-hydrogen) atoms. The number of phenols is 1. The number of aromatic hydroxyl groups is 1. The van der Waals surface area contributed by atoms with E-state index < -0.39 is 0 Å². The zero-order valence-electron chi connectivity index (χ0n) is 8.45. The second kappa shape index (κ2) is 5.59. The number of likely N-dealkylation sites (tertiary alicyclic amines) is 1. The van der Waals surface area contributed by atoms with Crippen molar-refractivity contribution in [2.45, 2.75) is 19.4 Å². The van der Waals surface area contributed by atoms with Crippen LogP contribution >= 0.6 is 24.0 Å². The Morgan fingerprint density at radius 1 is 1.27 bits per heavy atom. The summed E-state index contributed by atoms with van der Waals surface area (Å²) in [6.07, 6.45) is 2.57. The highest BCUT2D eigenvalue weighted by Gasteiger charge is 2.13. The molecule has 1 N–H and O–H groups in total. The summed E-state index contributed by atoms with van der Waals surface area (Å²) in [6.45, 7) is 3.23. The molecule has 4 heteroatoms. The van der Waals surface area contributed by atoms with Gasteiger partial charge in [0.05, 0.1) is 0 Å². The van der Waals surface area contributed by atoms with Crippen molar-refractivity contribution < 1.29 is 5.11 Å². The van der Waals surface area contributed by atoms with Crippen molar-refractivity contribution in [2.24, 2.45) is 0 Å². The van der Waals surface area contributed by atoms with Crippen LogP contribution in [0.15, 0.2) is 18.2 Å². The maximum absolute atomic E-state index is 9.20. The Labute approximate surface area is 101 Å². The molecule has 84 valence electrons. The fourth-order valence-electron chi connectivity index (χ4n) is 1.85. The Morgan fingerprint density at radius 3 is 2.53 bits per heavy atom. The molecule has 0 amide bonds. The Morgan fingerprint density at radius 2 is 1.93 bits per heavy atom. The number of benzene rings is 1. The van der Waals surface area contributed by atoms with Crippen molar-refractivity contribution >= 4 is 24.0 Å². The predicted octanol–water partition coefficient (Wildman–Crippen LogP) is 3.06. The second-order valence-electron chi connectivity index (χ2n) is 3.76. The molecule has 0 atom stereocenters. The van der Waals surface area contributed by atoms with Gasteiger partial charge in [-0.2, -0.15) is 0 Å². The van der Waals surface area contributed by atoms with E-state index in [0.29, 0.717) is 5.02 Å². The van der Waals surface area contributed by atoms with Crippen molar-refractivity contribution in [1.29, 1.82) is 0 Å². The van der Waals surface area contributed by atoms with Gasteiger partial charge in [0, 0.05) is 11.6 Å². The van der Waals surface area contributed by atoms with Crippen LogP contribution in [0.2, 0.25) is 5.02 Å². The number of rotatable bonds is 2. The zero-order chi connectivity index (χ0) is 9.97. The minimum atomic E-state index is 0. The van der Waals surface area contributed by atoms with E-state index >= 15 is 0 Å². The average Bonchev–Trinajstić information content (AvgIpc) is 2.62. The van der Waals surface area contributed by atoms with E-state index in [1.807, 2.05) is 6.07 Å². The third-order valence-corrected chi connectivity index (χ3v) is 2.98. The molecule has 0 radical (unpaired) electrons. The Hall–Kier alpha value is -0.440. The summed E-state index contributed by atoms with van der Waals surface area (Å²) in [7, 11) is 0. The van der Waals surface area contributed by atoms with Gasteiger partial charge in [0.1, 0.15) is 5.75 Å². The van der Waals surface area contributed by atoms with Crippen molar-refractivity contribution in [3.05, 3.63) is 28.8 Å². The molecule has 0 aliphatic carbocycles. The summed E-state index contributed by atoms with van der Waals surface area (Å²) < 4.78 is 0. The van der Waals surface area contributed by atoms with Gasteiger partial charge in [-0.05, 0) is 43.6 Å². The third kappa shape index (κ3) is 3.26. The van der Waals surface area contributed by atoms with E-state index in [9.17, 15) is 5.11 Å². The molecule has 1 fully saturated rings. The van der Waals surface area contributed by atoms with Crippen LogP contribution in [0.25, 0.3) is 0 Å². The minimum absolute atomic E-state index is 0. The molecule has 1 aromatic carbocycles. The maximum atomic E-state index is 9.20. The summed E-state index contributed by atoms with van der Waals surface area (Å²) in [6, 6.07) is 5.19. The lowest BCUT2D eigenvalue weighted by atomic mass is 10.2. The highest BCUT2D eigenvalue weighted by Crippen LogP contribution is 2.23. The summed E-state index contributed by atoms with van der Waals surface area (Å²) in [4.78, 5) is 2.39. The first-order valence-electron chi connectivity index (χ1n) is 4.95. The quantitative estimate of drug-likeness (QED) is 0.869. The minimum Gasteiger partial charge on any atom is -0.508 e. The van der Waals surface area contributed by atoms with Gasteiger partial charge in [0.15, 0.2) is 0 Å². The standard InChI is InChI=1S/C11H14ClNO.ClH/c12-11-7-10(14)4-3-9(11)8-13-5-1-2-6-13;/h3-4,7,14H,1-2,5-6,8H2;1H. The molecule has 1 aromatic rings. The SMILES string of the molecule is Cl.Oc1ccc(CN2CCCC2)c(Cl)c1. The number of hydrogen-bond acceptors (Lipinski definition) is 2. The topological polar surface area (TPSA) is 23.5 Å². The van der Waals surface area contributed by atoms with E-state index in [0.717, 1.165) is 25.2 Å². The summed E-state index contributed by atoms with van der Waals surface area (Å²) in [5.74, 6) is 0.236. The average molecular weight is 248 g/mol. The molecular formula is C11H15Cl2NO. The lowest BCUT2D eigenvalue weighted by molar-refractivity contribution is 0.331. The lowest BCUT2D eigenvalue weighted by Crippen LogP contribution is -2.18. The van der Waals surface area contributed by atoms with Crippen molar-refractivity contribution in [1.82, 2.24) is 4.90 Å². The number of hydrogen-bond donors (Lipinski definition) is 1. The van der Waals surface area contributed by atoms with Crippen LogP contribution in [0.3, 0.4) is 0 Å². The number of nitrogens with zero attached hydrogens (tertiary/aromatic N) is 1. The molecular weight excluding hydrogens is 233 g/mol. The molecule has 2 nitrogen and oxygen atoms in total. The molecule has 0 unspecified atom stereocenters. The van der Waals surface area contributed by atoms with Crippen LogP contribution in [0, 0.1) is 0 Å². The zero-order valence-corrected chi connectivity index (χ0v) is 10.0. The van der Waals surface area contributed by atoms with Gasteiger partial charge in [0.2, 0.25) is 0 Å². The molecule has 0 bridgehead atoms. The number of phenolic OH excluding ortho intramolecular Hbond substituents is 1. The first-order chi connectivity index (χ1) is 6.75. The molecule has 2 rings (SSSR count). The predicted molar refractivity (Wildman–Crippen MR) is 64.9 cm³/mol. The van der Waals surface area contributed by atoms with Gasteiger partial charge >= 0.3 is 0 Å². The first kappa shape index (κ1) is 12.6. The normalized spacial score (nSPS) is 16.3. The highest BCUT2D eigenvalue weighted by atomic mass is 35.5. The fraction of sp³-hybridized carbons (Fsp3) is 0.455. The lowest BCUT2D eigenvalue weighted by Gasteiger charge is -2.15. The molecule has 1 aliphatic heterocycles. The van der Waals surface area contributed by atoms with Crippen molar-refractivity contribution in [2.75, 3.05) is 13.1 Å². The van der Waals surface area contributed by atoms with E-state index in [-0.39, 0.29) is 18.2 Å². The van der Waals surface area contributed by atoms with Crippen LogP contribution in [0.4, 0.5) is 0 Å². The molecule has 1 saturated heterocycles. The van der Waals surface area contributed by atoms with Gasteiger partial charge in [-0.25, -0.2) is 0 Å². The Balaban J connectivity index is 0.00000112. The smallest absolute Gasteiger partial charge is 0.117 e. The number of halogens is 2. The summed E-state index contributed by atoms with van der Waals surface area (Å²) in [5.41, 5.74) is 1.10. The van der Waals surface area contributed by atoms with Crippen LogP contribution in [-0.4, -0.2) is 23.1 Å². The van der Waals surface area contributed by atoms with E-state index in [1.54, 1.807) is 12.1 Å². The molecule has 1 heterocycles. The van der Waals surface area contributed by atoms with Gasteiger partial charge in [-0.1, -0.05) is 17.7 Å². The molecule has 1 aliphatic rings. The van der Waals surface area contributed by atoms with Crippen molar-refractivity contribution in [3.63, 3.8) is 0 Å². The van der Waals surface area contributed by atoms with Gasteiger partial charge < -0.3 is 5.11 Å². The summed E-state index contributed by atoms with van der Waals surface area (Å²) in [5, 5.41) is 9.86. The van der Waals surface area contributed by atoms with E-state index in [4.69, 9.17) is 11.6 Å². The molecule has 0 saturated carbocycles. The highest BCUT2D eigenvalue weighted by molar-refractivity contribution is 6.31. The largest absolute Gasteiger partial charge is 0.508 e. The van der Waals surface area contributed by atoms with Crippen LogP contribution < -0.4 is 0 Å². The van der Waals surface area contributed by atoms with Crippen LogP contribution in [0.5, 0.6) is 5.75 Å². The van der Waals surface area contributed by atoms with Gasteiger partial charge in [0.25, 0.3) is 0 Å². The maximum Gasteiger partial charge on any atom is 0.117 e. The van der Waals surface area contributed by atoms with Gasteiger partial charge in [-0.15, -0.1) is 12.4 Å². The van der Waals surface area contributed by atoms with Crippen molar-refractivity contribution in [3.8, 4) is 5.75 Å². The van der Waals surface area contributed by atoms with E-state index in [1.165, 1.54) is 12.8 Å².